The van der Waals surface area contributed by atoms with Crippen molar-refractivity contribution in [1.82, 2.24) is 20.1 Å². The smallest absolute Gasteiger partial charge is 0.322 e. The van der Waals surface area contributed by atoms with Crippen LogP contribution in [0.25, 0.3) is 0 Å². The monoisotopic (exact) mass is 302 g/mol. The molecule has 0 aliphatic carbocycles. The van der Waals surface area contributed by atoms with Crippen LogP contribution < -0.4 is 5.32 Å². The standard InChI is InChI=1S/C16H22N4O2/c1-11(2)20-14(21)16(18-15(20)22)6-8-19(10-16)12(3)13-5-4-7-17-9-13/h4-5,7,9,11-12H,6,8,10H2,1-3H3,(H,18,22)/t12-,16+/m0/s1. The van der Waals surface area contributed by atoms with Gasteiger partial charge in [0.05, 0.1) is 0 Å². The van der Waals surface area contributed by atoms with E-state index in [1.54, 1.807) is 6.20 Å². The Kier molecular flexibility index (Phi) is 3.64. The second kappa shape index (κ2) is 5.35. The third-order valence-corrected chi connectivity index (χ3v) is 4.72. The predicted octanol–water partition coefficient (Wildman–Crippen LogP) is 1.55. The van der Waals surface area contributed by atoms with Crippen molar-refractivity contribution in [2.45, 2.75) is 44.8 Å². The molecule has 6 nitrogen and oxygen atoms in total. The SMILES string of the molecule is CC(C)N1C(=O)N[C@@]2(CCN([C@@H](C)c3cccnc3)C2)C1=O. The van der Waals surface area contributed by atoms with Gasteiger partial charge in [0.15, 0.2) is 0 Å². The third kappa shape index (κ3) is 2.27. The van der Waals surface area contributed by atoms with Gasteiger partial charge in [-0.25, -0.2) is 4.79 Å². The lowest BCUT2D eigenvalue weighted by molar-refractivity contribution is -0.132. The van der Waals surface area contributed by atoms with E-state index in [-0.39, 0.29) is 24.0 Å². The number of pyridine rings is 1. The molecule has 1 aromatic heterocycles. The Morgan fingerprint density at radius 2 is 2.09 bits per heavy atom. The number of urea groups is 1. The van der Waals surface area contributed by atoms with Gasteiger partial charge in [-0.05, 0) is 38.8 Å². The highest BCUT2D eigenvalue weighted by Crippen LogP contribution is 2.34. The first kappa shape index (κ1) is 15.0. The molecule has 3 rings (SSSR count). The Balaban J connectivity index is 1.78. The first-order valence-corrected chi connectivity index (χ1v) is 7.74. The van der Waals surface area contributed by atoms with E-state index in [0.29, 0.717) is 13.0 Å². The van der Waals surface area contributed by atoms with Crippen LogP contribution in [0.3, 0.4) is 0 Å². The summed E-state index contributed by atoms with van der Waals surface area (Å²) in [4.78, 5) is 32.5. The van der Waals surface area contributed by atoms with Crippen LogP contribution in [0, 0.1) is 0 Å². The van der Waals surface area contributed by atoms with E-state index < -0.39 is 5.54 Å². The predicted molar refractivity (Wildman–Crippen MR) is 82.1 cm³/mol. The Bertz CT molecular complexity index is 589. The number of carbonyl (C=O) groups excluding carboxylic acids is 2. The largest absolute Gasteiger partial charge is 0.325 e. The van der Waals surface area contributed by atoms with Gasteiger partial charge in [0, 0.05) is 37.6 Å². The molecule has 1 N–H and O–H groups in total. The molecule has 6 heteroatoms. The quantitative estimate of drug-likeness (QED) is 0.860. The van der Waals surface area contributed by atoms with Crippen LogP contribution in [0.15, 0.2) is 24.5 Å². The average molecular weight is 302 g/mol. The van der Waals surface area contributed by atoms with Crippen molar-refractivity contribution in [3.05, 3.63) is 30.1 Å². The molecule has 3 amide bonds. The van der Waals surface area contributed by atoms with Crippen molar-refractivity contribution in [2.24, 2.45) is 0 Å². The average Bonchev–Trinajstić information content (AvgIpc) is 3.02. The fourth-order valence-electron chi connectivity index (χ4n) is 3.39. The molecule has 2 saturated heterocycles. The highest BCUT2D eigenvalue weighted by molar-refractivity contribution is 6.07. The summed E-state index contributed by atoms with van der Waals surface area (Å²) >= 11 is 0. The highest BCUT2D eigenvalue weighted by atomic mass is 16.2. The molecule has 3 heterocycles. The van der Waals surface area contributed by atoms with Crippen LogP contribution in [0.4, 0.5) is 4.79 Å². The molecule has 1 aromatic rings. The molecule has 0 bridgehead atoms. The lowest BCUT2D eigenvalue weighted by Crippen LogP contribution is -2.49. The number of nitrogens with one attached hydrogen (secondary N) is 1. The van der Waals surface area contributed by atoms with Gasteiger partial charge in [0.2, 0.25) is 0 Å². The molecular weight excluding hydrogens is 280 g/mol. The molecule has 0 aromatic carbocycles. The van der Waals surface area contributed by atoms with Crippen LogP contribution in [-0.4, -0.2) is 51.4 Å². The summed E-state index contributed by atoms with van der Waals surface area (Å²) in [5.74, 6) is -0.0895. The van der Waals surface area contributed by atoms with Gasteiger partial charge in [-0.3, -0.25) is 19.6 Å². The summed E-state index contributed by atoms with van der Waals surface area (Å²) in [6.07, 6.45) is 4.26. The molecule has 1 spiro atoms. The minimum absolute atomic E-state index is 0.0895. The maximum Gasteiger partial charge on any atom is 0.325 e. The lowest BCUT2D eigenvalue weighted by Gasteiger charge is -2.27. The lowest BCUT2D eigenvalue weighted by atomic mass is 9.98. The third-order valence-electron chi connectivity index (χ3n) is 4.72. The second-order valence-corrected chi connectivity index (χ2v) is 6.46. The van der Waals surface area contributed by atoms with Crippen molar-refractivity contribution < 1.29 is 9.59 Å². The van der Waals surface area contributed by atoms with E-state index in [4.69, 9.17) is 0 Å². The van der Waals surface area contributed by atoms with Gasteiger partial charge in [0.1, 0.15) is 5.54 Å². The Morgan fingerprint density at radius 3 is 2.68 bits per heavy atom. The molecule has 0 saturated carbocycles. The number of aromatic nitrogens is 1. The van der Waals surface area contributed by atoms with E-state index in [9.17, 15) is 9.59 Å². The van der Waals surface area contributed by atoms with Crippen molar-refractivity contribution >= 4 is 11.9 Å². The van der Waals surface area contributed by atoms with Crippen LogP contribution in [0.5, 0.6) is 0 Å². The second-order valence-electron chi connectivity index (χ2n) is 6.46. The van der Waals surface area contributed by atoms with E-state index in [2.05, 4.69) is 22.1 Å². The van der Waals surface area contributed by atoms with Crippen LogP contribution in [0.1, 0.15) is 38.8 Å². The van der Waals surface area contributed by atoms with Crippen molar-refractivity contribution in [2.75, 3.05) is 13.1 Å². The number of carbonyl (C=O) groups is 2. The summed E-state index contributed by atoms with van der Waals surface area (Å²) < 4.78 is 0. The molecule has 22 heavy (non-hydrogen) atoms. The summed E-state index contributed by atoms with van der Waals surface area (Å²) in [5.41, 5.74) is 0.370. The van der Waals surface area contributed by atoms with Crippen molar-refractivity contribution in [1.29, 1.82) is 0 Å². The minimum Gasteiger partial charge on any atom is -0.322 e. The number of likely N-dealkylation sites (tertiary alicyclic amines) is 1. The molecule has 118 valence electrons. The van der Waals surface area contributed by atoms with Crippen LogP contribution in [-0.2, 0) is 4.79 Å². The zero-order chi connectivity index (χ0) is 15.9. The summed E-state index contributed by atoms with van der Waals surface area (Å²) in [6.45, 7) is 7.17. The molecular formula is C16H22N4O2. The van der Waals surface area contributed by atoms with E-state index in [1.165, 1.54) is 4.90 Å². The molecule has 2 fully saturated rings. The Hall–Kier alpha value is -1.95. The first-order chi connectivity index (χ1) is 10.4. The summed E-state index contributed by atoms with van der Waals surface area (Å²) in [6, 6.07) is 3.75. The number of hydrogen-bond acceptors (Lipinski definition) is 4. The van der Waals surface area contributed by atoms with Gasteiger partial charge in [-0.2, -0.15) is 0 Å². The fourth-order valence-corrected chi connectivity index (χ4v) is 3.39. The zero-order valence-corrected chi connectivity index (χ0v) is 13.2. The van der Waals surface area contributed by atoms with Crippen LogP contribution >= 0.6 is 0 Å². The highest BCUT2D eigenvalue weighted by Gasteiger charge is 2.55. The van der Waals surface area contributed by atoms with Gasteiger partial charge in [-0.1, -0.05) is 6.07 Å². The fraction of sp³-hybridized carbons (Fsp3) is 0.562. The molecule has 2 atom stereocenters. The van der Waals surface area contributed by atoms with Crippen molar-refractivity contribution in [3.63, 3.8) is 0 Å². The maximum atomic E-state index is 12.7. The van der Waals surface area contributed by atoms with Gasteiger partial charge in [-0.15, -0.1) is 0 Å². The van der Waals surface area contributed by atoms with Gasteiger partial charge < -0.3 is 5.32 Å². The summed E-state index contributed by atoms with van der Waals surface area (Å²) in [7, 11) is 0. The zero-order valence-electron chi connectivity index (χ0n) is 13.2. The van der Waals surface area contributed by atoms with Crippen LogP contribution in [0.2, 0.25) is 0 Å². The number of nitrogens with zero attached hydrogens (tertiary/aromatic N) is 3. The van der Waals surface area contributed by atoms with Gasteiger partial charge in [0.25, 0.3) is 5.91 Å². The Morgan fingerprint density at radius 1 is 1.32 bits per heavy atom. The van der Waals surface area contributed by atoms with E-state index >= 15 is 0 Å². The normalized spacial score (nSPS) is 27.0. The number of rotatable bonds is 3. The molecule has 2 aliphatic heterocycles. The topological polar surface area (TPSA) is 65.5 Å². The Labute approximate surface area is 130 Å². The number of hydrogen-bond donors (Lipinski definition) is 1. The first-order valence-electron chi connectivity index (χ1n) is 7.74. The van der Waals surface area contributed by atoms with Gasteiger partial charge >= 0.3 is 6.03 Å². The number of amides is 3. The molecule has 0 unspecified atom stereocenters. The van der Waals surface area contributed by atoms with E-state index in [0.717, 1.165) is 12.1 Å². The molecule has 0 radical (unpaired) electrons. The van der Waals surface area contributed by atoms with E-state index in [1.807, 2.05) is 32.2 Å². The minimum atomic E-state index is -0.752. The molecule has 2 aliphatic rings. The number of imide groups is 1. The van der Waals surface area contributed by atoms with Crippen molar-refractivity contribution in [3.8, 4) is 0 Å². The maximum absolute atomic E-state index is 12.7. The summed E-state index contributed by atoms with van der Waals surface area (Å²) in [5, 5.41) is 2.93.